The molecular formula is C11H19N. The highest BCUT2D eigenvalue weighted by Gasteiger charge is 2.37. The van der Waals surface area contributed by atoms with Crippen LogP contribution in [0.3, 0.4) is 0 Å². The number of nitrogens with two attached hydrogens (primary N) is 1. The van der Waals surface area contributed by atoms with Crippen LogP contribution in [-0.2, 0) is 0 Å². The lowest BCUT2D eigenvalue weighted by Crippen LogP contribution is -2.32. The standard InChI is InChI=1S/C11H19N/c1-3-4-7-11(9-12)8-5-6-10(11)2/h1,10H,4-9,12H2,2H3. The van der Waals surface area contributed by atoms with Gasteiger partial charge in [-0.15, -0.1) is 12.3 Å². The van der Waals surface area contributed by atoms with Gasteiger partial charge in [0.15, 0.2) is 0 Å². The van der Waals surface area contributed by atoms with Crippen LogP contribution in [0.15, 0.2) is 0 Å². The monoisotopic (exact) mass is 165 g/mol. The van der Waals surface area contributed by atoms with E-state index in [9.17, 15) is 0 Å². The number of hydrogen-bond acceptors (Lipinski definition) is 1. The largest absolute Gasteiger partial charge is 0.330 e. The van der Waals surface area contributed by atoms with Crippen LogP contribution >= 0.6 is 0 Å². The molecule has 1 saturated carbocycles. The maximum atomic E-state index is 5.83. The zero-order chi connectivity index (χ0) is 9.03. The Morgan fingerprint density at radius 2 is 2.42 bits per heavy atom. The van der Waals surface area contributed by atoms with Crippen molar-refractivity contribution in [3.05, 3.63) is 0 Å². The van der Waals surface area contributed by atoms with Gasteiger partial charge in [0.05, 0.1) is 0 Å². The molecule has 0 saturated heterocycles. The zero-order valence-electron chi connectivity index (χ0n) is 7.97. The van der Waals surface area contributed by atoms with Gasteiger partial charge in [0.25, 0.3) is 0 Å². The summed E-state index contributed by atoms with van der Waals surface area (Å²) in [6.45, 7) is 3.13. The molecule has 0 aromatic rings. The second-order valence-electron chi connectivity index (χ2n) is 4.06. The number of terminal acetylenes is 1. The van der Waals surface area contributed by atoms with Crippen molar-refractivity contribution in [3.63, 3.8) is 0 Å². The van der Waals surface area contributed by atoms with E-state index in [1.165, 1.54) is 19.3 Å². The van der Waals surface area contributed by atoms with Crippen molar-refractivity contribution in [1.82, 2.24) is 0 Å². The summed E-state index contributed by atoms with van der Waals surface area (Å²) in [6, 6.07) is 0. The molecule has 0 amide bonds. The van der Waals surface area contributed by atoms with E-state index >= 15 is 0 Å². The minimum atomic E-state index is 0.381. The van der Waals surface area contributed by atoms with Gasteiger partial charge in [-0.2, -0.15) is 0 Å². The van der Waals surface area contributed by atoms with Crippen molar-refractivity contribution >= 4 is 0 Å². The van der Waals surface area contributed by atoms with E-state index in [1.807, 2.05) is 0 Å². The van der Waals surface area contributed by atoms with Gasteiger partial charge in [-0.3, -0.25) is 0 Å². The van der Waals surface area contributed by atoms with Gasteiger partial charge in [-0.1, -0.05) is 19.8 Å². The van der Waals surface area contributed by atoms with Crippen molar-refractivity contribution in [1.29, 1.82) is 0 Å². The summed E-state index contributed by atoms with van der Waals surface area (Å²) in [4.78, 5) is 0. The summed E-state index contributed by atoms with van der Waals surface area (Å²) in [5.74, 6) is 3.49. The summed E-state index contributed by atoms with van der Waals surface area (Å²) in [5.41, 5.74) is 6.21. The van der Waals surface area contributed by atoms with Crippen molar-refractivity contribution < 1.29 is 0 Å². The first-order valence-corrected chi connectivity index (χ1v) is 4.89. The Kier molecular flexibility index (Phi) is 3.17. The second kappa shape index (κ2) is 3.96. The number of hydrogen-bond donors (Lipinski definition) is 1. The van der Waals surface area contributed by atoms with Gasteiger partial charge in [-0.25, -0.2) is 0 Å². The Labute approximate surface area is 75.7 Å². The smallest absolute Gasteiger partial charge is 0.00919 e. The van der Waals surface area contributed by atoms with Crippen LogP contribution in [-0.4, -0.2) is 6.54 Å². The van der Waals surface area contributed by atoms with Crippen molar-refractivity contribution in [3.8, 4) is 12.3 Å². The van der Waals surface area contributed by atoms with Crippen molar-refractivity contribution in [2.75, 3.05) is 6.54 Å². The van der Waals surface area contributed by atoms with E-state index in [1.54, 1.807) is 0 Å². The molecule has 1 heteroatoms. The molecule has 0 spiro atoms. The number of rotatable bonds is 3. The molecular weight excluding hydrogens is 146 g/mol. The summed E-state index contributed by atoms with van der Waals surface area (Å²) in [6.07, 6.45) is 11.2. The van der Waals surface area contributed by atoms with E-state index in [4.69, 9.17) is 12.2 Å². The molecule has 1 aliphatic carbocycles. The summed E-state index contributed by atoms with van der Waals surface area (Å²) < 4.78 is 0. The lowest BCUT2D eigenvalue weighted by molar-refractivity contribution is 0.209. The molecule has 0 aromatic carbocycles. The Bertz CT molecular complexity index is 180. The highest BCUT2D eigenvalue weighted by Crippen LogP contribution is 2.45. The molecule has 1 rings (SSSR count). The zero-order valence-corrected chi connectivity index (χ0v) is 7.97. The van der Waals surface area contributed by atoms with E-state index in [0.717, 1.165) is 25.3 Å². The van der Waals surface area contributed by atoms with Crippen molar-refractivity contribution in [2.45, 2.75) is 39.0 Å². The average molecular weight is 165 g/mol. The summed E-state index contributed by atoms with van der Waals surface area (Å²) in [7, 11) is 0. The van der Waals surface area contributed by atoms with Crippen LogP contribution in [0, 0.1) is 23.7 Å². The molecule has 2 N–H and O–H groups in total. The molecule has 0 bridgehead atoms. The van der Waals surface area contributed by atoms with Crippen LogP contribution < -0.4 is 5.73 Å². The minimum Gasteiger partial charge on any atom is -0.330 e. The molecule has 2 unspecified atom stereocenters. The maximum absolute atomic E-state index is 5.83. The quantitative estimate of drug-likeness (QED) is 0.637. The fraction of sp³-hybridized carbons (Fsp3) is 0.818. The first-order valence-electron chi connectivity index (χ1n) is 4.89. The molecule has 2 atom stereocenters. The molecule has 0 radical (unpaired) electrons. The fourth-order valence-corrected chi connectivity index (χ4v) is 2.41. The maximum Gasteiger partial charge on any atom is 0.00919 e. The summed E-state index contributed by atoms with van der Waals surface area (Å²) >= 11 is 0. The predicted molar refractivity (Wildman–Crippen MR) is 52.6 cm³/mol. The molecule has 0 heterocycles. The van der Waals surface area contributed by atoms with Gasteiger partial charge < -0.3 is 5.73 Å². The van der Waals surface area contributed by atoms with E-state index in [0.29, 0.717) is 5.41 Å². The molecule has 1 fully saturated rings. The Hall–Kier alpha value is -0.480. The third kappa shape index (κ3) is 1.64. The highest BCUT2D eigenvalue weighted by atomic mass is 14.6. The van der Waals surface area contributed by atoms with E-state index < -0.39 is 0 Å². The van der Waals surface area contributed by atoms with E-state index in [2.05, 4.69) is 12.8 Å². The van der Waals surface area contributed by atoms with Gasteiger partial charge in [0.1, 0.15) is 0 Å². The average Bonchev–Trinajstić information content (AvgIpc) is 2.45. The molecule has 0 aromatic heterocycles. The normalized spacial score (nSPS) is 34.9. The Balaban J connectivity index is 2.56. The third-order valence-corrected chi connectivity index (χ3v) is 3.53. The summed E-state index contributed by atoms with van der Waals surface area (Å²) in [5, 5.41) is 0. The van der Waals surface area contributed by atoms with Crippen molar-refractivity contribution in [2.24, 2.45) is 17.1 Å². The Morgan fingerprint density at radius 3 is 2.83 bits per heavy atom. The van der Waals surface area contributed by atoms with E-state index in [-0.39, 0.29) is 0 Å². The van der Waals surface area contributed by atoms with Gasteiger partial charge in [0, 0.05) is 6.42 Å². The van der Waals surface area contributed by atoms with Gasteiger partial charge in [0.2, 0.25) is 0 Å². The lowest BCUT2D eigenvalue weighted by atomic mass is 9.75. The van der Waals surface area contributed by atoms with Crippen LogP contribution in [0.25, 0.3) is 0 Å². The predicted octanol–water partition coefficient (Wildman–Crippen LogP) is 2.16. The topological polar surface area (TPSA) is 26.0 Å². The minimum absolute atomic E-state index is 0.381. The molecule has 12 heavy (non-hydrogen) atoms. The molecule has 1 nitrogen and oxygen atoms in total. The van der Waals surface area contributed by atoms with Gasteiger partial charge >= 0.3 is 0 Å². The first kappa shape index (κ1) is 9.61. The molecule has 68 valence electrons. The lowest BCUT2D eigenvalue weighted by Gasteiger charge is -2.31. The second-order valence-corrected chi connectivity index (χ2v) is 4.06. The Morgan fingerprint density at radius 1 is 1.67 bits per heavy atom. The fourth-order valence-electron chi connectivity index (χ4n) is 2.41. The van der Waals surface area contributed by atoms with Gasteiger partial charge in [-0.05, 0) is 30.7 Å². The van der Waals surface area contributed by atoms with Crippen LogP contribution in [0.1, 0.15) is 39.0 Å². The van der Waals surface area contributed by atoms with Crippen LogP contribution in [0.2, 0.25) is 0 Å². The third-order valence-electron chi connectivity index (χ3n) is 3.53. The van der Waals surface area contributed by atoms with Crippen LogP contribution in [0.5, 0.6) is 0 Å². The molecule has 0 aliphatic heterocycles. The van der Waals surface area contributed by atoms with Crippen LogP contribution in [0.4, 0.5) is 0 Å². The highest BCUT2D eigenvalue weighted by molar-refractivity contribution is 4.95. The SMILES string of the molecule is C#CCCC1(CN)CCCC1C. The molecule has 1 aliphatic rings. The first-order chi connectivity index (χ1) is 5.75.